The summed E-state index contributed by atoms with van der Waals surface area (Å²) in [6, 6.07) is 19.1. The van der Waals surface area contributed by atoms with Crippen LogP contribution in [0.15, 0.2) is 71.2 Å². The van der Waals surface area contributed by atoms with Crippen molar-refractivity contribution in [1.82, 2.24) is 9.55 Å². The summed E-state index contributed by atoms with van der Waals surface area (Å²) in [6.07, 6.45) is -0.157. The molecule has 1 aliphatic heterocycles. The van der Waals surface area contributed by atoms with Crippen molar-refractivity contribution < 1.29 is 27.8 Å². The molecule has 0 aliphatic carbocycles. The molecule has 0 radical (unpaired) electrons. The van der Waals surface area contributed by atoms with Gasteiger partial charge in [0, 0.05) is 27.3 Å². The van der Waals surface area contributed by atoms with E-state index in [-0.39, 0.29) is 11.9 Å². The van der Waals surface area contributed by atoms with E-state index in [0.29, 0.717) is 47.0 Å². The van der Waals surface area contributed by atoms with Gasteiger partial charge in [0.2, 0.25) is 0 Å². The van der Waals surface area contributed by atoms with E-state index in [1.807, 2.05) is 34.9 Å². The average molecular weight is 579 g/mol. The molecule has 1 N–H and O–H groups in total. The molecule has 1 aromatic heterocycles. The van der Waals surface area contributed by atoms with Crippen LogP contribution in [0.2, 0.25) is 0 Å². The van der Waals surface area contributed by atoms with Gasteiger partial charge < -0.3 is 19.5 Å². The van der Waals surface area contributed by atoms with Crippen molar-refractivity contribution in [3.8, 4) is 11.8 Å². The topological polar surface area (TPSA) is 74.6 Å². The van der Waals surface area contributed by atoms with Crippen molar-refractivity contribution in [3.63, 3.8) is 0 Å². The Hall–Kier alpha value is -3.21. The number of anilines is 1. The van der Waals surface area contributed by atoms with Crippen LogP contribution in [0.1, 0.15) is 15.9 Å². The summed E-state index contributed by atoms with van der Waals surface area (Å²) in [5.74, 6) is -0.531. The summed E-state index contributed by atoms with van der Waals surface area (Å²) >= 11 is 8.32. The summed E-state index contributed by atoms with van der Waals surface area (Å²) < 4.78 is 44.3. The van der Waals surface area contributed by atoms with E-state index >= 15 is 0 Å². The Morgan fingerprint density at radius 2 is 1.94 bits per heavy atom. The Balaban J connectivity index is 1.30. The molecule has 3 aromatic carbocycles. The van der Waals surface area contributed by atoms with E-state index in [1.54, 1.807) is 12.1 Å². The van der Waals surface area contributed by atoms with Crippen LogP contribution in [0.3, 0.4) is 0 Å². The highest BCUT2D eigenvalue weighted by Gasteiger charge is 2.28. The van der Waals surface area contributed by atoms with Gasteiger partial charge in [-0.3, -0.25) is 9.36 Å². The lowest BCUT2D eigenvalue weighted by atomic mass is 10.1. The molecule has 7 nitrogen and oxygen atoms in total. The van der Waals surface area contributed by atoms with Crippen LogP contribution in [0.5, 0.6) is 11.8 Å². The minimum absolute atomic E-state index is 0.133. The molecule has 186 valence electrons. The highest BCUT2D eigenvalue weighted by atomic mass is 79.9. The van der Waals surface area contributed by atoms with Gasteiger partial charge in [0.05, 0.1) is 24.2 Å². The fraction of sp³-hybridized carbons (Fsp3) is 0.200. The molecule has 1 atom stereocenters. The number of hydrogen-bond donors (Lipinski definition) is 1. The van der Waals surface area contributed by atoms with Gasteiger partial charge in [-0.05, 0) is 57.9 Å². The first-order valence-corrected chi connectivity index (χ1v) is 12.1. The van der Waals surface area contributed by atoms with Crippen LogP contribution >= 0.6 is 27.5 Å². The summed E-state index contributed by atoms with van der Waals surface area (Å²) in [5, 5.41) is 2.72. The molecule has 1 amide bonds. The lowest BCUT2D eigenvalue weighted by Crippen LogP contribution is -2.32. The highest BCUT2D eigenvalue weighted by Crippen LogP contribution is 2.33. The monoisotopic (exact) mass is 577 g/mol. The number of imidazole rings is 1. The van der Waals surface area contributed by atoms with Gasteiger partial charge in [0.15, 0.2) is 0 Å². The van der Waals surface area contributed by atoms with Crippen LogP contribution in [0.4, 0.5) is 14.5 Å². The van der Waals surface area contributed by atoms with Gasteiger partial charge in [-0.2, -0.15) is 4.98 Å². The van der Waals surface area contributed by atoms with Crippen LogP contribution < -0.4 is 14.8 Å². The smallest absolute Gasteiger partial charge is 0.462 e. The number of hydrogen-bond acceptors (Lipinski definition) is 5. The number of nitrogens with one attached hydrogen (secondary N) is 1. The quantitative estimate of drug-likeness (QED) is 0.265. The van der Waals surface area contributed by atoms with Crippen LogP contribution in [-0.2, 0) is 17.9 Å². The van der Waals surface area contributed by atoms with Crippen molar-refractivity contribution in [2.45, 2.75) is 24.8 Å². The number of alkyl halides is 3. The number of carbonyl (C=O) groups excluding carboxylic acids is 1. The van der Waals surface area contributed by atoms with Crippen LogP contribution in [0, 0.1) is 0 Å². The van der Waals surface area contributed by atoms with E-state index in [4.69, 9.17) is 21.1 Å². The number of fused-ring (bicyclic) bond motifs is 3. The van der Waals surface area contributed by atoms with Gasteiger partial charge in [-0.15, -0.1) is 8.78 Å². The van der Waals surface area contributed by atoms with Crippen LogP contribution in [0.25, 0.3) is 11.0 Å². The van der Waals surface area contributed by atoms with E-state index in [1.165, 1.54) is 24.3 Å². The minimum Gasteiger partial charge on any atom is -0.462 e. The predicted molar refractivity (Wildman–Crippen MR) is 134 cm³/mol. The fourth-order valence-corrected chi connectivity index (χ4v) is 4.62. The zero-order chi connectivity index (χ0) is 25.3. The average Bonchev–Trinajstić information content (AvgIpc) is 3.22. The van der Waals surface area contributed by atoms with Gasteiger partial charge in [-0.25, -0.2) is 0 Å². The van der Waals surface area contributed by atoms with Crippen molar-refractivity contribution in [3.05, 3.63) is 82.3 Å². The molecule has 0 unspecified atom stereocenters. The Kier molecular flexibility index (Phi) is 6.83. The van der Waals surface area contributed by atoms with E-state index in [2.05, 4.69) is 31.0 Å². The van der Waals surface area contributed by atoms with Gasteiger partial charge in [-0.1, -0.05) is 30.3 Å². The lowest BCUT2D eigenvalue weighted by Gasteiger charge is -2.25. The second-order valence-corrected chi connectivity index (χ2v) is 9.38. The maximum Gasteiger partial charge on any atom is 0.487 e. The first kappa shape index (κ1) is 24.5. The predicted octanol–water partition coefficient (Wildman–Crippen LogP) is 6.20. The lowest BCUT2D eigenvalue weighted by molar-refractivity contribution is -0.0964. The molecule has 1 aliphatic rings. The Labute approximate surface area is 218 Å². The van der Waals surface area contributed by atoms with E-state index in [0.717, 1.165) is 11.1 Å². The number of rotatable bonds is 7. The highest BCUT2D eigenvalue weighted by molar-refractivity contribution is 9.10. The number of aromatic nitrogens is 2. The van der Waals surface area contributed by atoms with Crippen molar-refractivity contribution in [2.24, 2.45) is 0 Å². The molecule has 11 heteroatoms. The summed E-state index contributed by atoms with van der Waals surface area (Å²) in [5.41, 5.74) is -0.607. The number of amides is 1. The zero-order valence-electron chi connectivity index (χ0n) is 18.6. The Morgan fingerprint density at radius 3 is 2.67 bits per heavy atom. The maximum absolute atomic E-state index is 12.8. The number of halogens is 4. The summed E-state index contributed by atoms with van der Waals surface area (Å²) in [4.78, 5) is 17.4. The molecule has 0 spiro atoms. The summed E-state index contributed by atoms with van der Waals surface area (Å²) in [7, 11) is 0. The minimum atomic E-state index is -3.81. The Bertz CT molecular complexity index is 1390. The molecule has 0 saturated carbocycles. The molecular formula is C25H19BrClF2N3O4. The van der Waals surface area contributed by atoms with E-state index < -0.39 is 11.5 Å². The molecule has 0 bridgehead atoms. The second-order valence-electron chi connectivity index (χ2n) is 8.09. The number of benzene rings is 3. The normalized spacial score (nSPS) is 15.3. The fourth-order valence-electron chi connectivity index (χ4n) is 3.86. The van der Waals surface area contributed by atoms with Crippen molar-refractivity contribution in [2.75, 3.05) is 11.9 Å². The molecule has 2 heterocycles. The number of nitrogens with zero attached hydrogens (tertiary/aromatic N) is 2. The number of carbonyl (C=O) groups is 1. The summed E-state index contributed by atoms with van der Waals surface area (Å²) in [6.45, 7) is 1.40. The first-order chi connectivity index (χ1) is 17.2. The largest absolute Gasteiger partial charge is 0.487 e. The van der Waals surface area contributed by atoms with Gasteiger partial charge >= 0.3 is 5.57 Å². The third kappa shape index (κ3) is 5.61. The van der Waals surface area contributed by atoms with Crippen LogP contribution in [-0.4, -0.2) is 33.7 Å². The standard InChI is InChI=1S/C25H19BrClF2N3O4/c26-20-10-16(23(33)30-17-6-8-18(9-7-17)36-25(27,28)29)11-21-22(20)32-12-19(14-35-24(32)31-21)34-13-15-4-2-1-3-5-15/h1-11,19H,12-14H2,(H,30,33)/t19-/m0/s1. The molecule has 4 aromatic rings. The third-order valence-corrected chi connectivity index (χ3v) is 6.16. The van der Waals surface area contributed by atoms with Gasteiger partial charge in [0.25, 0.3) is 11.9 Å². The molecule has 0 fully saturated rings. The molecule has 5 rings (SSSR count). The first-order valence-electron chi connectivity index (χ1n) is 10.9. The van der Waals surface area contributed by atoms with Gasteiger partial charge in [0.1, 0.15) is 18.5 Å². The molecular weight excluding hydrogens is 560 g/mol. The molecule has 0 saturated heterocycles. The second kappa shape index (κ2) is 10.0. The zero-order valence-corrected chi connectivity index (χ0v) is 20.9. The van der Waals surface area contributed by atoms with E-state index in [9.17, 15) is 13.6 Å². The molecule has 36 heavy (non-hydrogen) atoms. The van der Waals surface area contributed by atoms with Crippen molar-refractivity contribution in [1.29, 1.82) is 0 Å². The number of ether oxygens (including phenoxy) is 3. The Morgan fingerprint density at radius 1 is 1.19 bits per heavy atom. The third-order valence-electron chi connectivity index (χ3n) is 5.48. The van der Waals surface area contributed by atoms with Crippen molar-refractivity contribution >= 4 is 50.2 Å². The SMILES string of the molecule is O=C(Nc1ccc(OC(F)(F)Cl)cc1)c1cc(Br)c2c(c1)nc1n2C[C@H](OCc2ccccc2)CO1. The maximum atomic E-state index is 12.8.